The van der Waals surface area contributed by atoms with Crippen molar-refractivity contribution in [3.63, 3.8) is 0 Å². The number of sulfone groups is 2. The average Bonchev–Trinajstić information content (AvgIpc) is 1.26. The minimum Gasteiger partial charge on any atom is -0.400 e. The quantitative estimate of drug-likeness (QED) is 0.0487. The number of nitrogens with one attached hydrogen (secondary N) is 2. The van der Waals surface area contributed by atoms with Crippen molar-refractivity contribution in [2.45, 2.75) is 129 Å². The fourth-order valence-corrected chi connectivity index (χ4v) is 15.6. The van der Waals surface area contributed by atoms with Crippen LogP contribution in [0, 0.1) is 34.0 Å². The van der Waals surface area contributed by atoms with Crippen LogP contribution in [0.2, 0.25) is 5.15 Å². The molecule has 9 aromatic rings. The Hall–Kier alpha value is -9.25. The second-order valence-electron chi connectivity index (χ2n) is 26.5. The summed E-state index contributed by atoms with van der Waals surface area (Å²) in [5.41, 5.74) is 9.82. The minimum absolute atomic E-state index is 0.0304. The smallest absolute Gasteiger partial charge is 0.400 e. The SMILES string of the molecule is CC1(C)OB(C2=CCS(=O)(=O)CC2)OC1(C)C.C[C@@H](N)c1cccc(C(F)F)c1CC#N.C[C@@H](Nc1ncnc2c1cc(Br)c(=O)n2C)c1cccc(C(F)F)c1CC#N.C[C@@H](Nc1ncnc2c1cc(C1=CCS(=O)(=O)CC1)c(=O)n2C)c1cccc(C(F)F)c1CC#N.Cn1c(=O)c(Br)cc2c(Cl)ncnc21. The summed E-state index contributed by atoms with van der Waals surface area (Å²) < 4.78 is 142. The fourth-order valence-electron chi connectivity index (χ4n) is 12.1. The van der Waals surface area contributed by atoms with Gasteiger partial charge in [0.15, 0.2) is 19.7 Å². The van der Waals surface area contributed by atoms with Crippen LogP contribution in [0.5, 0.6) is 0 Å². The Bertz CT molecular complexity index is 5540. The first kappa shape index (κ1) is 85.4. The van der Waals surface area contributed by atoms with Crippen molar-refractivity contribution in [1.82, 2.24) is 43.6 Å². The molecule has 3 atom stereocenters. The third-order valence-corrected chi connectivity index (χ3v) is 23.1. The first-order chi connectivity index (χ1) is 51.3. The molecule has 1 fully saturated rings. The predicted octanol–water partition coefficient (Wildman–Crippen LogP) is 13.8. The Morgan fingerprint density at radius 3 is 1.32 bits per heavy atom. The summed E-state index contributed by atoms with van der Waals surface area (Å²) in [7, 11) is -1.63. The predicted molar refractivity (Wildman–Crippen MR) is 412 cm³/mol. The number of rotatable bonds is 15. The van der Waals surface area contributed by atoms with Gasteiger partial charge >= 0.3 is 7.12 Å². The first-order valence-electron chi connectivity index (χ1n) is 33.5. The van der Waals surface area contributed by atoms with E-state index in [1.807, 2.05) is 45.9 Å². The maximum atomic E-state index is 13.6. The molecule has 12 rings (SSSR count). The summed E-state index contributed by atoms with van der Waals surface area (Å²) in [6, 6.07) is 23.1. The zero-order chi connectivity index (χ0) is 80.4. The number of pyridine rings is 3. The van der Waals surface area contributed by atoms with Gasteiger partial charge in [0, 0.05) is 49.4 Å². The molecule has 3 aliphatic rings. The fraction of sp³-hybridized carbons (Fsp3) is 0.370. The normalized spacial score (nSPS) is 16.1. The lowest BCUT2D eigenvalue weighted by molar-refractivity contribution is 0.00578. The van der Waals surface area contributed by atoms with Gasteiger partial charge in [-0.05, 0) is 156 Å². The van der Waals surface area contributed by atoms with Gasteiger partial charge in [0.05, 0.1) is 109 Å². The Labute approximate surface area is 646 Å². The van der Waals surface area contributed by atoms with Crippen molar-refractivity contribution in [2.24, 2.45) is 26.9 Å². The number of allylic oxidation sites excluding steroid dienone is 2. The third kappa shape index (κ3) is 20.0. The number of aromatic nitrogens is 9. The summed E-state index contributed by atoms with van der Waals surface area (Å²) in [6.07, 6.45) is -0.253. The summed E-state index contributed by atoms with van der Waals surface area (Å²) in [6.45, 7) is 13.3. The van der Waals surface area contributed by atoms with Gasteiger partial charge in [-0.3, -0.25) is 28.1 Å². The average molecular weight is 1690 g/mol. The Morgan fingerprint density at radius 2 is 0.927 bits per heavy atom. The molecule has 6 aromatic heterocycles. The molecule has 4 N–H and O–H groups in total. The second-order valence-corrected chi connectivity index (χ2v) is 33.0. The van der Waals surface area contributed by atoms with Crippen molar-refractivity contribution in [2.75, 3.05) is 33.6 Å². The molecule has 109 heavy (non-hydrogen) atoms. The highest BCUT2D eigenvalue weighted by Crippen LogP contribution is 2.41. The van der Waals surface area contributed by atoms with E-state index in [2.05, 4.69) is 72.4 Å². The number of aryl methyl sites for hydroxylation is 3. The molecule has 3 aromatic carbocycles. The molecule has 0 bridgehead atoms. The van der Waals surface area contributed by atoms with Gasteiger partial charge in [0.25, 0.3) is 36.0 Å². The summed E-state index contributed by atoms with van der Waals surface area (Å²) >= 11 is 12.3. The maximum absolute atomic E-state index is 13.6. The van der Waals surface area contributed by atoms with E-state index >= 15 is 0 Å². The molecule has 574 valence electrons. The Morgan fingerprint density at radius 1 is 0.560 bits per heavy atom. The summed E-state index contributed by atoms with van der Waals surface area (Å²) in [5, 5.41) is 35.4. The Balaban J connectivity index is 0.000000180. The highest BCUT2D eigenvalue weighted by atomic mass is 79.9. The van der Waals surface area contributed by atoms with Crippen molar-refractivity contribution in [3.05, 3.63) is 210 Å². The number of hydrogen-bond acceptors (Lipinski definition) is 21. The third-order valence-electron chi connectivity index (χ3n) is 18.7. The topological polar surface area (TPSA) is 352 Å². The molecule has 36 heteroatoms. The van der Waals surface area contributed by atoms with E-state index in [-0.39, 0.29) is 105 Å². The number of anilines is 2. The molecule has 0 unspecified atom stereocenters. The number of hydrogen-bond donors (Lipinski definition) is 3. The van der Waals surface area contributed by atoms with Gasteiger partial charge in [-0.15, -0.1) is 0 Å². The number of alkyl halides is 6. The monoisotopic (exact) mass is 1690 g/mol. The van der Waals surface area contributed by atoms with Crippen LogP contribution in [0.25, 0.3) is 38.7 Å². The van der Waals surface area contributed by atoms with E-state index in [9.17, 15) is 62.8 Å². The molecule has 0 spiro atoms. The summed E-state index contributed by atoms with van der Waals surface area (Å²) in [4.78, 5) is 61.4. The van der Waals surface area contributed by atoms with Crippen molar-refractivity contribution >= 4 is 121 Å². The van der Waals surface area contributed by atoms with Crippen LogP contribution in [-0.2, 0) is 69.4 Å². The van der Waals surface area contributed by atoms with E-state index < -0.39 is 58.2 Å². The zero-order valence-electron chi connectivity index (χ0n) is 60.6. The van der Waals surface area contributed by atoms with Crippen LogP contribution >= 0.6 is 43.5 Å². The standard InChI is InChI=1S/C24H23F2N5O3S.C19H16BrF2N5O.C11H19BO4S.C11H12F2N2.C8H5BrClN3O/c1-14(16-4-3-5-18(21(25)26)17(16)6-9-27)30-22-20-12-19(15-7-10-35(33,34)11-8-15)24(32)31(2)23(20)29-13-28-22;1-10(11-4-3-5-13(16(21)22)12(11)6-7-23)26-17-14-8-15(20)19(28)27(2)18(14)25-9-24-17;1-10(2)11(3,4)16-12(15-10)9-5-7-17(13,14)8-6-9;1-7(15)8-3-2-4-10(11(12)13)9(8)5-6-14;1-13-7-4(2-5(9)8(13)14)6(10)11-3-12-7/h3-5,7,12-14,21H,6,8,10-11H2,1-2H3,(H,28,29,30);3-5,8-10,16H,6H2,1-2H3,(H,24,25,26);5H,6-8H2,1-4H3;2-4,7,11H,5,15H2,1H3;2-3H,1H3/t14-;10-;;7-;/m11.1./s1. The van der Waals surface area contributed by atoms with Crippen LogP contribution in [0.3, 0.4) is 0 Å². The molecule has 1 saturated heterocycles. The molecule has 9 heterocycles. The van der Waals surface area contributed by atoms with Crippen LogP contribution in [0.15, 0.2) is 133 Å². The minimum atomic E-state index is -3.16. The molecule has 24 nitrogen and oxygen atoms in total. The van der Waals surface area contributed by atoms with E-state index in [0.717, 1.165) is 5.47 Å². The molecule has 0 saturated carbocycles. The molecule has 0 aliphatic carbocycles. The largest absolute Gasteiger partial charge is 0.490 e. The number of fused-ring (bicyclic) bond motifs is 3. The lowest BCUT2D eigenvalue weighted by atomic mass is 9.76. The highest BCUT2D eigenvalue weighted by Gasteiger charge is 2.52. The Kier molecular flexibility index (Phi) is 28.2. The molecular formula is C73H75BBr2ClF6N15O9S2. The number of halogens is 9. The van der Waals surface area contributed by atoms with Crippen LogP contribution in [-0.4, -0.2) is 102 Å². The number of nitriles is 3. The van der Waals surface area contributed by atoms with Gasteiger partial charge in [0.1, 0.15) is 52.7 Å². The van der Waals surface area contributed by atoms with Gasteiger partial charge in [-0.1, -0.05) is 78.4 Å². The first-order valence-corrected chi connectivity index (χ1v) is 39.1. The van der Waals surface area contributed by atoms with Gasteiger partial charge < -0.3 is 25.7 Å². The van der Waals surface area contributed by atoms with E-state index in [1.165, 1.54) is 56.9 Å². The lowest BCUT2D eigenvalue weighted by Gasteiger charge is -2.32. The number of benzene rings is 3. The number of nitrogens with two attached hydrogens (primary N) is 1. The van der Waals surface area contributed by atoms with Gasteiger partial charge in [-0.25, -0.2) is 73.1 Å². The van der Waals surface area contributed by atoms with E-state index in [0.29, 0.717) is 104 Å². The van der Waals surface area contributed by atoms with Gasteiger partial charge in [0.2, 0.25) is 0 Å². The van der Waals surface area contributed by atoms with Crippen LogP contribution in [0.1, 0.15) is 154 Å². The van der Waals surface area contributed by atoms with E-state index in [1.54, 1.807) is 103 Å². The maximum Gasteiger partial charge on any atom is 0.490 e. The van der Waals surface area contributed by atoms with E-state index in [4.69, 9.17) is 37.2 Å². The second kappa shape index (κ2) is 36.1. The lowest BCUT2D eigenvalue weighted by Crippen LogP contribution is -2.41. The molecule has 3 aliphatic heterocycles. The van der Waals surface area contributed by atoms with Crippen LogP contribution in [0.4, 0.5) is 38.0 Å². The van der Waals surface area contributed by atoms with Gasteiger partial charge in [-0.2, -0.15) is 15.8 Å². The van der Waals surface area contributed by atoms with Crippen LogP contribution < -0.4 is 33.0 Å². The molecule has 0 amide bonds. The zero-order valence-corrected chi connectivity index (χ0v) is 66.1. The van der Waals surface area contributed by atoms with Crippen molar-refractivity contribution in [3.8, 4) is 18.2 Å². The summed E-state index contributed by atoms with van der Waals surface area (Å²) in [5.74, 6) is 0.984. The number of nitrogens with zero attached hydrogens (tertiary/aromatic N) is 12. The highest BCUT2D eigenvalue weighted by molar-refractivity contribution is 9.10. The molecular weight excluding hydrogens is 1620 g/mol. The molecule has 0 radical (unpaired) electrons. The van der Waals surface area contributed by atoms with Crippen molar-refractivity contribution < 1.29 is 52.5 Å². The van der Waals surface area contributed by atoms with Crippen molar-refractivity contribution in [1.29, 1.82) is 15.8 Å².